The van der Waals surface area contributed by atoms with Crippen molar-refractivity contribution in [2.45, 2.75) is 25.9 Å². The number of fused-ring (bicyclic) bond motifs is 1. The maximum absolute atomic E-state index is 12.7. The standard InChI is InChI=1S/C22H26N6O3S2/c1-16-17(2)23-21-24-22(25-28(21)18(16)3)32-15-20(29)26-10-12-27(13-11-26)33(30,31)14-9-19-7-5-4-6-8-19/h4-9,14H,10-13,15H2,1-3H3/b14-9+. The number of aryl methyl sites for hydroxylation is 2. The Morgan fingerprint density at radius 2 is 1.76 bits per heavy atom. The number of nitrogens with zero attached hydrogens (tertiary/aromatic N) is 6. The van der Waals surface area contributed by atoms with Gasteiger partial charge in [0.2, 0.25) is 21.1 Å². The predicted molar refractivity (Wildman–Crippen MR) is 128 cm³/mol. The number of hydrogen-bond donors (Lipinski definition) is 0. The van der Waals surface area contributed by atoms with E-state index in [1.54, 1.807) is 15.5 Å². The van der Waals surface area contributed by atoms with Crippen LogP contribution in [0.2, 0.25) is 0 Å². The summed E-state index contributed by atoms with van der Waals surface area (Å²) in [6.45, 7) is 7.15. The van der Waals surface area contributed by atoms with Gasteiger partial charge in [0, 0.05) is 43.0 Å². The van der Waals surface area contributed by atoms with E-state index in [4.69, 9.17) is 0 Å². The van der Waals surface area contributed by atoms with Crippen molar-refractivity contribution in [3.8, 4) is 0 Å². The highest BCUT2D eigenvalue weighted by Gasteiger charge is 2.27. The average molecular weight is 487 g/mol. The quantitative estimate of drug-likeness (QED) is 0.493. The maximum atomic E-state index is 12.7. The summed E-state index contributed by atoms with van der Waals surface area (Å²) in [5.74, 6) is 0.648. The van der Waals surface area contributed by atoms with Gasteiger partial charge >= 0.3 is 0 Å². The number of amides is 1. The van der Waals surface area contributed by atoms with Gasteiger partial charge in [0.15, 0.2) is 0 Å². The van der Waals surface area contributed by atoms with Crippen LogP contribution < -0.4 is 0 Å². The zero-order valence-corrected chi connectivity index (χ0v) is 20.4. The molecule has 0 unspecified atom stereocenters. The number of thioether (sulfide) groups is 1. The number of sulfonamides is 1. The molecule has 0 atom stereocenters. The number of hydrogen-bond acceptors (Lipinski definition) is 7. The fourth-order valence-corrected chi connectivity index (χ4v) is 5.42. The minimum atomic E-state index is -3.53. The minimum Gasteiger partial charge on any atom is -0.339 e. The van der Waals surface area contributed by atoms with Crippen molar-refractivity contribution in [1.29, 1.82) is 0 Å². The molecule has 0 bridgehead atoms. The van der Waals surface area contributed by atoms with Crippen LogP contribution in [0.5, 0.6) is 0 Å². The molecule has 0 aliphatic carbocycles. The second kappa shape index (κ2) is 9.62. The molecule has 33 heavy (non-hydrogen) atoms. The largest absolute Gasteiger partial charge is 0.339 e. The first kappa shape index (κ1) is 23.4. The molecule has 1 fully saturated rings. The van der Waals surface area contributed by atoms with Crippen molar-refractivity contribution in [2.24, 2.45) is 0 Å². The number of carbonyl (C=O) groups excluding carboxylic acids is 1. The third kappa shape index (κ3) is 5.26. The molecular weight excluding hydrogens is 460 g/mol. The Labute approximate surface area is 197 Å². The summed E-state index contributed by atoms with van der Waals surface area (Å²) in [4.78, 5) is 23.2. The molecule has 1 amide bonds. The van der Waals surface area contributed by atoms with Crippen molar-refractivity contribution in [3.05, 3.63) is 58.3 Å². The average Bonchev–Trinajstić information content (AvgIpc) is 3.23. The topological polar surface area (TPSA) is 101 Å². The molecule has 2 aromatic heterocycles. The SMILES string of the molecule is Cc1nc2nc(SCC(=O)N3CCN(S(=O)(=O)/C=C/c4ccccc4)CC3)nn2c(C)c1C. The Balaban J connectivity index is 1.32. The first-order chi connectivity index (χ1) is 15.7. The summed E-state index contributed by atoms with van der Waals surface area (Å²) in [5.41, 5.74) is 3.77. The van der Waals surface area contributed by atoms with Gasteiger partial charge in [-0.1, -0.05) is 42.1 Å². The second-order valence-electron chi connectivity index (χ2n) is 7.84. The summed E-state index contributed by atoms with van der Waals surface area (Å²) < 4.78 is 28.3. The zero-order chi connectivity index (χ0) is 23.6. The monoisotopic (exact) mass is 486 g/mol. The molecule has 1 aliphatic heterocycles. The van der Waals surface area contributed by atoms with Crippen LogP contribution in [-0.4, -0.2) is 75.0 Å². The van der Waals surface area contributed by atoms with E-state index in [9.17, 15) is 13.2 Å². The predicted octanol–water partition coefficient (Wildman–Crippen LogP) is 2.29. The van der Waals surface area contributed by atoms with Gasteiger partial charge in [-0.3, -0.25) is 4.79 Å². The summed E-state index contributed by atoms with van der Waals surface area (Å²) in [7, 11) is -3.53. The molecule has 1 saturated heterocycles. The number of benzene rings is 1. The first-order valence-corrected chi connectivity index (χ1v) is 13.1. The third-order valence-corrected chi connectivity index (χ3v) is 8.14. The van der Waals surface area contributed by atoms with Crippen molar-refractivity contribution in [1.82, 2.24) is 28.8 Å². The molecule has 0 saturated carbocycles. The highest BCUT2D eigenvalue weighted by molar-refractivity contribution is 7.99. The number of piperazine rings is 1. The third-order valence-electron chi connectivity index (χ3n) is 5.75. The van der Waals surface area contributed by atoms with Gasteiger partial charge in [0.05, 0.1) is 5.75 Å². The molecular formula is C22H26N6O3S2. The van der Waals surface area contributed by atoms with Gasteiger partial charge in [-0.05, 0) is 38.0 Å². The molecule has 0 radical (unpaired) electrons. The summed E-state index contributed by atoms with van der Waals surface area (Å²) >= 11 is 1.26. The lowest BCUT2D eigenvalue weighted by atomic mass is 10.2. The van der Waals surface area contributed by atoms with E-state index in [2.05, 4.69) is 15.1 Å². The summed E-state index contributed by atoms with van der Waals surface area (Å²) in [5, 5.41) is 6.18. The Bertz CT molecular complexity index is 1300. The van der Waals surface area contributed by atoms with E-state index in [0.29, 0.717) is 24.0 Å². The van der Waals surface area contributed by atoms with Crippen LogP contribution in [0.15, 0.2) is 40.9 Å². The fourth-order valence-electron chi connectivity index (χ4n) is 3.52. The van der Waals surface area contributed by atoms with E-state index in [0.717, 1.165) is 22.5 Å². The van der Waals surface area contributed by atoms with E-state index in [1.807, 2.05) is 51.1 Å². The molecule has 9 nitrogen and oxygen atoms in total. The van der Waals surface area contributed by atoms with Gasteiger partial charge in [-0.15, -0.1) is 5.10 Å². The second-order valence-corrected chi connectivity index (χ2v) is 10.6. The van der Waals surface area contributed by atoms with Crippen LogP contribution in [0, 0.1) is 20.8 Å². The van der Waals surface area contributed by atoms with Crippen LogP contribution in [0.3, 0.4) is 0 Å². The highest BCUT2D eigenvalue weighted by atomic mass is 32.2. The van der Waals surface area contributed by atoms with Crippen LogP contribution in [0.25, 0.3) is 11.9 Å². The summed E-state index contributed by atoms with van der Waals surface area (Å²) in [6.07, 6.45) is 1.59. The van der Waals surface area contributed by atoms with E-state index >= 15 is 0 Å². The number of aromatic nitrogens is 4. The fraction of sp³-hybridized carbons (Fsp3) is 0.364. The lowest BCUT2D eigenvalue weighted by Crippen LogP contribution is -2.50. The minimum absolute atomic E-state index is 0.0622. The van der Waals surface area contributed by atoms with Gasteiger partial charge in [-0.2, -0.15) is 9.29 Å². The smallest absolute Gasteiger partial charge is 0.253 e. The lowest BCUT2D eigenvalue weighted by Gasteiger charge is -2.33. The highest BCUT2D eigenvalue weighted by Crippen LogP contribution is 2.19. The normalized spacial score (nSPS) is 15.5. The molecule has 11 heteroatoms. The molecule has 174 valence electrons. The Kier molecular flexibility index (Phi) is 6.82. The first-order valence-electron chi connectivity index (χ1n) is 10.6. The van der Waals surface area contributed by atoms with E-state index < -0.39 is 10.0 Å². The molecule has 3 aromatic rings. The zero-order valence-electron chi connectivity index (χ0n) is 18.8. The van der Waals surface area contributed by atoms with E-state index in [-0.39, 0.29) is 24.7 Å². The Morgan fingerprint density at radius 3 is 2.45 bits per heavy atom. The van der Waals surface area contributed by atoms with Gasteiger partial charge < -0.3 is 4.90 Å². The summed E-state index contributed by atoms with van der Waals surface area (Å²) in [6, 6.07) is 9.29. The van der Waals surface area contributed by atoms with Crippen molar-refractivity contribution >= 4 is 39.5 Å². The van der Waals surface area contributed by atoms with Crippen LogP contribution in [-0.2, 0) is 14.8 Å². The van der Waals surface area contributed by atoms with Gasteiger partial charge in [-0.25, -0.2) is 17.9 Å². The van der Waals surface area contributed by atoms with Crippen molar-refractivity contribution < 1.29 is 13.2 Å². The van der Waals surface area contributed by atoms with Crippen LogP contribution >= 0.6 is 11.8 Å². The molecule has 4 rings (SSSR count). The number of carbonyl (C=O) groups is 1. The van der Waals surface area contributed by atoms with Crippen LogP contribution in [0.1, 0.15) is 22.5 Å². The molecule has 1 aromatic carbocycles. The lowest BCUT2D eigenvalue weighted by molar-refractivity contribution is -0.129. The molecule has 3 heterocycles. The molecule has 0 spiro atoms. The van der Waals surface area contributed by atoms with Gasteiger partial charge in [0.1, 0.15) is 0 Å². The Hall–Kier alpha value is -2.76. The molecule has 1 aliphatic rings. The van der Waals surface area contributed by atoms with Crippen LogP contribution in [0.4, 0.5) is 0 Å². The number of rotatable bonds is 6. The van der Waals surface area contributed by atoms with E-state index in [1.165, 1.54) is 21.5 Å². The van der Waals surface area contributed by atoms with Crippen molar-refractivity contribution in [3.63, 3.8) is 0 Å². The molecule has 0 N–H and O–H groups in total. The maximum Gasteiger partial charge on any atom is 0.253 e. The van der Waals surface area contributed by atoms with Crippen molar-refractivity contribution in [2.75, 3.05) is 31.9 Å². The Morgan fingerprint density at radius 1 is 1.06 bits per heavy atom. The van der Waals surface area contributed by atoms with Gasteiger partial charge in [0.25, 0.3) is 5.78 Å².